The fourth-order valence-electron chi connectivity index (χ4n) is 2.93. The predicted octanol–water partition coefficient (Wildman–Crippen LogP) is 2.60. The molecule has 0 bridgehead atoms. The van der Waals surface area contributed by atoms with Crippen molar-refractivity contribution in [3.05, 3.63) is 29.8 Å². The van der Waals surface area contributed by atoms with Crippen LogP contribution < -0.4 is 5.32 Å². The number of piperidine rings is 1. The Morgan fingerprint density at radius 2 is 2.13 bits per heavy atom. The first-order chi connectivity index (χ1) is 11.0. The van der Waals surface area contributed by atoms with Crippen LogP contribution in [0.5, 0.6) is 0 Å². The van der Waals surface area contributed by atoms with Crippen LogP contribution in [0.2, 0.25) is 0 Å². The van der Waals surface area contributed by atoms with Crippen LogP contribution in [-0.2, 0) is 14.3 Å². The maximum atomic E-state index is 12.5. The summed E-state index contributed by atoms with van der Waals surface area (Å²) in [6, 6.07) is 7.45. The van der Waals surface area contributed by atoms with Crippen LogP contribution in [-0.4, -0.2) is 42.5 Å². The van der Waals surface area contributed by atoms with Gasteiger partial charge in [-0.25, -0.2) is 0 Å². The van der Waals surface area contributed by atoms with Crippen molar-refractivity contribution in [2.75, 3.05) is 25.0 Å². The lowest BCUT2D eigenvalue weighted by Gasteiger charge is -2.35. The number of anilines is 1. The summed E-state index contributed by atoms with van der Waals surface area (Å²) in [4.78, 5) is 26.5. The minimum atomic E-state index is -0.271. The first-order valence-electron chi connectivity index (χ1n) is 8.30. The number of nitrogens with zero attached hydrogens (tertiary/aromatic N) is 1. The number of benzene rings is 1. The average Bonchev–Trinajstić information content (AvgIpc) is 2.56. The van der Waals surface area contributed by atoms with Crippen molar-refractivity contribution in [3.8, 4) is 0 Å². The number of carbonyl (C=O) groups excluding carboxylic acids is 2. The number of rotatable bonds is 5. The fourth-order valence-corrected chi connectivity index (χ4v) is 2.93. The molecule has 1 N–H and O–H groups in total. The average molecular weight is 318 g/mol. The molecular weight excluding hydrogens is 292 g/mol. The Hall–Kier alpha value is -1.88. The Kier molecular flexibility index (Phi) is 6.16. The van der Waals surface area contributed by atoms with Crippen LogP contribution in [0.1, 0.15) is 32.3 Å². The molecule has 0 saturated carbocycles. The molecule has 1 fully saturated rings. The number of para-hydroxylation sites is 1. The summed E-state index contributed by atoms with van der Waals surface area (Å²) in [6.07, 6.45) is 1.74. The number of hydrogen-bond donors (Lipinski definition) is 1. The smallest absolute Gasteiger partial charge is 0.310 e. The van der Waals surface area contributed by atoms with Gasteiger partial charge in [0.15, 0.2) is 0 Å². The molecule has 0 aliphatic carbocycles. The molecule has 2 unspecified atom stereocenters. The van der Waals surface area contributed by atoms with Gasteiger partial charge in [0.25, 0.3) is 0 Å². The maximum Gasteiger partial charge on any atom is 0.310 e. The lowest BCUT2D eigenvalue weighted by Crippen LogP contribution is -2.48. The number of likely N-dealkylation sites (tertiary alicyclic amines) is 1. The molecule has 1 aliphatic heterocycles. The summed E-state index contributed by atoms with van der Waals surface area (Å²) in [5, 5.41) is 2.98. The van der Waals surface area contributed by atoms with E-state index in [1.807, 2.05) is 45.0 Å². The lowest BCUT2D eigenvalue weighted by molar-refractivity contribution is -0.150. The number of amides is 1. The highest BCUT2D eigenvalue weighted by atomic mass is 16.5. The fraction of sp³-hybridized carbons (Fsp3) is 0.556. The van der Waals surface area contributed by atoms with Gasteiger partial charge in [0, 0.05) is 12.2 Å². The highest BCUT2D eigenvalue weighted by Gasteiger charge is 2.31. The van der Waals surface area contributed by atoms with Crippen LogP contribution in [0, 0.1) is 12.8 Å². The molecule has 5 heteroatoms. The summed E-state index contributed by atoms with van der Waals surface area (Å²) in [7, 11) is 0. The van der Waals surface area contributed by atoms with E-state index in [1.165, 1.54) is 0 Å². The van der Waals surface area contributed by atoms with Gasteiger partial charge in [0.1, 0.15) is 0 Å². The van der Waals surface area contributed by atoms with Gasteiger partial charge in [0.05, 0.1) is 18.6 Å². The molecule has 1 aromatic rings. The molecule has 1 amide bonds. The second kappa shape index (κ2) is 8.11. The summed E-state index contributed by atoms with van der Waals surface area (Å²) in [6.45, 7) is 7.49. The van der Waals surface area contributed by atoms with E-state index in [0.717, 1.165) is 30.6 Å². The Morgan fingerprint density at radius 3 is 2.83 bits per heavy atom. The number of esters is 1. The van der Waals surface area contributed by atoms with Gasteiger partial charge in [-0.15, -0.1) is 0 Å². The number of carbonyl (C=O) groups is 2. The van der Waals surface area contributed by atoms with Gasteiger partial charge < -0.3 is 10.1 Å². The van der Waals surface area contributed by atoms with Crippen LogP contribution in [0.4, 0.5) is 5.69 Å². The Bertz CT molecular complexity index is 559. The summed E-state index contributed by atoms with van der Waals surface area (Å²) < 4.78 is 5.12. The molecule has 1 heterocycles. The molecule has 2 atom stereocenters. The lowest BCUT2D eigenvalue weighted by atomic mass is 9.97. The molecule has 0 spiro atoms. The van der Waals surface area contributed by atoms with Gasteiger partial charge in [0.2, 0.25) is 5.91 Å². The molecule has 5 nitrogen and oxygen atoms in total. The topological polar surface area (TPSA) is 58.6 Å². The zero-order valence-electron chi connectivity index (χ0n) is 14.2. The van der Waals surface area contributed by atoms with E-state index in [0.29, 0.717) is 13.2 Å². The summed E-state index contributed by atoms with van der Waals surface area (Å²) in [5.74, 6) is -0.315. The monoisotopic (exact) mass is 318 g/mol. The molecule has 23 heavy (non-hydrogen) atoms. The predicted molar refractivity (Wildman–Crippen MR) is 90.2 cm³/mol. The van der Waals surface area contributed by atoms with Crippen LogP contribution in [0.3, 0.4) is 0 Å². The van der Waals surface area contributed by atoms with Crippen molar-refractivity contribution in [2.24, 2.45) is 5.92 Å². The normalized spacial score (nSPS) is 19.9. The van der Waals surface area contributed by atoms with E-state index in [4.69, 9.17) is 4.74 Å². The van der Waals surface area contributed by atoms with Crippen molar-refractivity contribution in [3.63, 3.8) is 0 Å². The van der Waals surface area contributed by atoms with Gasteiger partial charge in [-0.3, -0.25) is 14.5 Å². The van der Waals surface area contributed by atoms with Gasteiger partial charge in [-0.2, -0.15) is 0 Å². The van der Waals surface area contributed by atoms with Crippen molar-refractivity contribution in [1.29, 1.82) is 0 Å². The van der Waals surface area contributed by atoms with Crippen molar-refractivity contribution in [2.45, 2.75) is 39.7 Å². The van der Waals surface area contributed by atoms with E-state index in [-0.39, 0.29) is 23.8 Å². The molecule has 1 aliphatic rings. The third kappa shape index (κ3) is 4.55. The Labute approximate surface area is 138 Å². The third-order valence-electron chi connectivity index (χ3n) is 4.40. The van der Waals surface area contributed by atoms with E-state index in [1.54, 1.807) is 0 Å². The highest BCUT2D eigenvalue weighted by molar-refractivity contribution is 5.95. The first-order valence-corrected chi connectivity index (χ1v) is 8.30. The standard InChI is InChI=1S/C18H26N2O3/c1-4-23-18(22)15-9-7-11-20(12-15)14(3)17(21)19-16-10-6-5-8-13(16)2/h5-6,8,10,14-15H,4,7,9,11-12H2,1-3H3,(H,19,21). The maximum absolute atomic E-state index is 12.5. The summed E-state index contributed by atoms with van der Waals surface area (Å²) >= 11 is 0. The molecular formula is C18H26N2O3. The molecule has 0 radical (unpaired) electrons. The van der Waals surface area contributed by atoms with E-state index >= 15 is 0 Å². The highest BCUT2D eigenvalue weighted by Crippen LogP contribution is 2.21. The van der Waals surface area contributed by atoms with Gasteiger partial charge in [-0.05, 0) is 51.8 Å². The van der Waals surface area contributed by atoms with E-state index in [9.17, 15) is 9.59 Å². The minimum absolute atomic E-state index is 0.0381. The quantitative estimate of drug-likeness (QED) is 0.848. The van der Waals surface area contributed by atoms with Crippen LogP contribution in [0.25, 0.3) is 0 Å². The second-order valence-corrected chi connectivity index (χ2v) is 6.07. The molecule has 2 rings (SSSR count). The van der Waals surface area contributed by atoms with Crippen molar-refractivity contribution < 1.29 is 14.3 Å². The molecule has 0 aromatic heterocycles. The SMILES string of the molecule is CCOC(=O)C1CCCN(C(C)C(=O)Nc2ccccc2C)C1. The number of hydrogen-bond acceptors (Lipinski definition) is 4. The Morgan fingerprint density at radius 1 is 1.39 bits per heavy atom. The molecule has 126 valence electrons. The van der Waals surface area contributed by atoms with Crippen molar-refractivity contribution in [1.82, 2.24) is 4.90 Å². The third-order valence-corrected chi connectivity index (χ3v) is 4.40. The summed E-state index contributed by atoms with van der Waals surface area (Å²) in [5.41, 5.74) is 1.87. The largest absolute Gasteiger partial charge is 0.466 e. The molecule has 1 saturated heterocycles. The second-order valence-electron chi connectivity index (χ2n) is 6.07. The van der Waals surface area contributed by atoms with Gasteiger partial charge in [-0.1, -0.05) is 18.2 Å². The number of ether oxygens (including phenoxy) is 1. The zero-order valence-corrected chi connectivity index (χ0v) is 14.2. The van der Waals surface area contributed by atoms with E-state index in [2.05, 4.69) is 10.2 Å². The van der Waals surface area contributed by atoms with Crippen LogP contribution >= 0.6 is 0 Å². The van der Waals surface area contributed by atoms with Crippen LogP contribution in [0.15, 0.2) is 24.3 Å². The minimum Gasteiger partial charge on any atom is -0.466 e. The Balaban J connectivity index is 1.96. The van der Waals surface area contributed by atoms with Crippen molar-refractivity contribution >= 4 is 17.6 Å². The number of nitrogens with one attached hydrogen (secondary N) is 1. The number of aryl methyl sites for hydroxylation is 1. The van der Waals surface area contributed by atoms with E-state index < -0.39 is 0 Å². The zero-order chi connectivity index (χ0) is 16.8. The first kappa shape index (κ1) is 17.5. The van der Waals surface area contributed by atoms with Gasteiger partial charge >= 0.3 is 5.97 Å². The molecule has 1 aromatic carbocycles.